The van der Waals surface area contributed by atoms with Crippen LogP contribution in [0.1, 0.15) is 23.2 Å². The van der Waals surface area contributed by atoms with Crippen LogP contribution in [0.25, 0.3) is 10.1 Å². The molecule has 21 heavy (non-hydrogen) atoms. The minimum absolute atomic E-state index is 0.286. The van der Waals surface area contributed by atoms with Crippen LogP contribution in [0.3, 0.4) is 0 Å². The van der Waals surface area contributed by atoms with Crippen LogP contribution in [0.4, 0.5) is 0 Å². The first-order chi connectivity index (χ1) is 10.1. The lowest BCUT2D eigenvalue weighted by molar-refractivity contribution is -0.148. The smallest absolute Gasteiger partial charge is 0.329 e. The van der Waals surface area contributed by atoms with Crippen molar-refractivity contribution in [2.75, 3.05) is 13.2 Å². The third kappa shape index (κ3) is 2.64. The number of hydrogen-bond acceptors (Lipinski definition) is 4. The van der Waals surface area contributed by atoms with E-state index in [0.29, 0.717) is 18.8 Å². The fraction of sp³-hybridized carbons (Fsp3) is 0.333. The highest BCUT2D eigenvalue weighted by atomic mass is 32.1. The third-order valence-corrected chi connectivity index (χ3v) is 4.72. The van der Waals surface area contributed by atoms with E-state index >= 15 is 0 Å². The molecule has 0 radical (unpaired) electrons. The van der Waals surface area contributed by atoms with E-state index in [9.17, 15) is 14.7 Å². The van der Waals surface area contributed by atoms with E-state index in [4.69, 9.17) is 4.74 Å². The lowest BCUT2D eigenvalue weighted by Crippen LogP contribution is -2.57. The second-order valence-electron chi connectivity index (χ2n) is 5.13. The Balaban J connectivity index is 1.85. The fourth-order valence-electron chi connectivity index (χ4n) is 2.51. The number of nitrogens with one attached hydrogen (secondary N) is 1. The molecule has 0 bridgehead atoms. The van der Waals surface area contributed by atoms with Crippen LogP contribution in [0, 0.1) is 0 Å². The van der Waals surface area contributed by atoms with Gasteiger partial charge in [-0.15, -0.1) is 11.3 Å². The molecule has 1 aromatic carbocycles. The predicted octanol–water partition coefficient (Wildman–Crippen LogP) is 2.26. The Bertz CT molecular complexity index is 688. The fourth-order valence-corrected chi connectivity index (χ4v) is 3.28. The van der Waals surface area contributed by atoms with Crippen LogP contribution >= 0.6 is 11.3 Å². The number of fused-ring (bicyclic) bond motifs is 1. The zero-order chi connectivity index (χ0) is 14.9. The van der Waals surface area contributed by atoms with Crippen molar-refractivity contribution in [2.45, 2.75) is 18.4 Å². The van der Waals surface area contributed by atoms with Gasteiger partial charge >= 0.3 is 5.97 Å². The Morgan fingerprint density at radius 3 is 2.71 bits per heavy atom. The molecule has 1 saturated heterocycles. The van der Waals surface area contributed by atoms with Gasteiger partial charge in [-0.05, 0) is 35.0 Å². The number of carbonyl (C=O) groups excluding carboxylic acids is 1. The predicted molar refractivity (Wildman–Crippen MR) is 79.7 cm³/mol. The highest BCUT2D eigenvalue weighted by Gasteiger charge is 2.41. The molecule has 0 spiro atoms. The SMILES string of the molecule is O=C(NC1(C(=O)O)CCOCC1)c1ccc2sccc2c1. The number of aliphatic carboxylic acids is 1. The van der Waals surface area contributed by atoms with Crippen molar-refractivity contribution in [1.82, 2.24) is 5.32 Å². The first kappa shape index (κ1) is 14.0. The number of thiophene rings is 1. The maximum atomic E-state index is 12.4. The maximum absolute atomic E-state index is 12.4. The van der Waals surface area contributed by atoms with Crippen molar-refractivity contribution in [3.63, 3.8) is 0 Å². The second kappa shape index (κ2) is 5.46. The number of carbonyl (C=O) groups is 2. The van der Waals surface area contributed by atoms with Gasteiger partial charge in [-0.1, -0.05) is 0 Å². The van der Waals surface area contributed by atoms with Crippen LogP contribution in [0.15, 0.2) is 29.6 Å². The summed E-state index contributed by atoms with van der Waals surface area (Å²) in [6.45, 7) is 0.687. The van der Waals surface area contributed by atoms with Gasteiger partial charge in [0.15, 0.2) is 0 Å². The number of carboxylic acid groups (broad SMARTS) is 1. The number of rotatable bonds is 3. The summed E-state index contributed by atoms with van der Waals surface area (Å²) < 4.78 is 6.30. The Morgan fingerprint density at radius 1 is 1.24 bits per heavy atom. The van der Waals surface area contributed by atoms with Crippen LogP contribution in [-0.4, -0.2) is 35.7 Å². The molecular weight excluding hydrogens is 290 g/mol. The summed E-state index contributed by atoms with van der Waals surface area (Å²) >= 11 is 1.61. The molecule has 0 saturated carbocycles. The first-order valence-electron chi connectivity index (χ1n) is 6.72. The Kier molecular flexibility index (Phi) is 3.65. The highest BCUT2D eigenvalue weighted by molar-refractivity contribution is 7.17. The molecule has 5 nitrogen and oxygen atoms in total. The lowest BCUT2D eigenvalue weighted by atomic mass is 9.89. The zero-order valence-electron chi connectivity index (χ0n) is 11.3. The molecule has 2 aromatic rings. The minimum atomic E-state index is -1.22. The number of amides is 1. The van der Waals surface area contributed by atoms with E-state index in [1.54, 1.807) is 23.5 Å². The van der Waals surface area contributed by atoms with Crippen molar-refractivity contribution < 1.29 is 19.4 Å². The molecule has 0 unspecified atom stereocenters. The summed E-state index contributed by atoms with van der Waals surface area (Å²) in [5, 5.41) is 15.1. The zero-order valence-corrected chi connectivity index (χ0v) is 12.1. The molecule has 3 rings (SSSR count). The Morgan fingerprint density at radius 2 is 2.00 bits per heavy atom. The molecule has 1 amide bonds. The van der Waals surface area contributed by atoms with Gasteiger partial charge in [0, 0.05) is 36.3 Å². The molecule has 6 heteroatoms. The highest BCUT2D eigenvalue weighted by Crippen LogP contribution is 2.24. The minimum Gasteiger partial charge on any atom is -0.480 e. The van der Waals surface area contributed by atoms with Gasteiger partial charge in [0.05, 0.1) is 0 Å². The molecule has 110 valence electrons. The molecule has 2 N–H and O–H groups in total. The number of hydrogen-bond donors (Lipinski definition) is 2. The van der Waals surface area contributed by atoms with Gasteiger partial charge < -0.3 is 15.2 Å². The molecule has 0 atom stereocenters. The molecule has 1 aliphatic heterocycles. The van der Waals surface area contributed by atoms with Crippen molar-refractivity contribution in [1.29, 1.82) is 0 Å². The quantitative estimate of drug-likeness (QED) is 0.912. The Labute approximate surface area is 125 Å². The van der Waals surface area contributed by atoms with E-state index in [2.05, 4.69) is 5.32 Å². The monoisotopic (exact) mass is 305 g/mol. The average Bonchev–Trinajstić information content (AvgIpc) is 2.95. The van der Waals surface area contributed by atoms with Crippen LogP contribution in [0.5, 0.6) is 0 Å². The summed E-state index contributed by atoms with van der Waals surface area (Å²) in [6.07, 6.45) is 0.573. The topological polar surface area (TPSA) is 75.6 Å². The number of benzene rings is 1. The van der Waals surface area contributed by atoms with E-state index in [1.165, 1.54) is 0 Å². The van der Waals surface area contributed by atoms with Crippen LogP contribution < -0.4 is 5.32 Å². The summed E-state index contributed by atoms with van der Waals surface area (Å²) in [7, 11) is 0. The van der Waals surface area contributed by atoms with Crippen molar-refractivity contribution in [2.24, 2.45) is 0 Å². The van der Waals surface area contributed by atoms with E-state index in [1.807, 2.05) is 17.5 Å². The summed E-state index contributed by atoms with van der Waals surface area (Å²) in [6, 6.07) is 7.34. The summed E-state index contributed by atoms with van der Waals surface area (Å²) in [5.74, 6) is -1.36. The second-order valence-corrected chi connectivity index (χ2v) is 6.07. The van der Waals surface area contributed by atoms with Gasteiger partial charge in [-0.3, -0.25) is 4.79 Å². The lowest BCUT2D eigenvalue weighted by Gasteiger charge is -2.33. The first-order valence-corrected chi connectivity index (χ1v) is 7.60. The van der Waals surface area contributed by atoms with Gasteiger partial charge in [0.2, 0.25) is 0 Å². The summed E-state index contributed by atoms with van der Waals surface area (Å²) in [5.41, 5.74) is -0.744. The number of ether oxygens (including phenoxy) is 1. The van der Waals surface area contributed by atoms with Crippen LogP contribution in [-0.2, 0) is 9.53 Å². The largest absolute Gasteiger partial charge is 0.480 e. The normalized spacial score (nSPS) is 17.5. The molecule has 1 fully saturated rings. The van der Waals surface area contributed by atoms with Gasteiger partial charge in [0.1, 0.15) is 5.54 Å². The van der Waals surface area contributed by atoms with Crippen molar-refractivity contribution >= 4 is 33.3 Å². The van der Waals surface area contributed by atoms with Gasteiger partial charge in [-0.2, -0.15) is 0 Å². The maximum Gasteiger partial charge on any atom is 0.329 e. The number of carboxylic acids is 1. The average molecular weight is 305 g/mol. The molecule has 1 aliphatic rings. The van der Waals surface area contributed by atoms with Gasteiger partial charge in [-0.25, -0.2) is 4.79 Å². The van der Waals surface area contributed by atoms with Gasteiger partial charge in [0.25, 0.3) is 5.91 Å². The van der Waals surface area contributed by atoms with Crippen molar-refractivity contribution in [3.05, 3.63) is 35.2 Å². The van der Waals surface area contributed by atoms with Crippen LogP contribution in [0.2, 0.25) is 0 Å². The van der Waals surface area contributed by atoms with E-state index in [0.717, 1.165) is 10.1 Å². The Hall–Kier alpha value is -1.92. The van der Waals surface area contributed by atoms with E-state index in [-0.39, 0.29) is 18.7 Å². The molecule has 1 aromatic heterocycles. The molecular formula is C15H15NO4S. The van der Waals surface area contributed by atoms with E-state index < -0.39 is 11.5 Å². The van der Waals surface area contributed by atoms with Crippen molar-refractivity contribution in [3.8, 4) is 0 Å². The molecule has 0 aliphatic carbocycles. The standard InChI is InChI=1S/C15H15NO4S/c17-13(11-1-2-12-10(9-11)3-8-21-12)16-15(14(18)19)4-6-20-7-5-15/h1-3,8-9H,4-7H2,(H,16,17)(H,18,19). The molecule has 2 heterocycles. The third-order valence-electron chi connectivity index (χ3n) is 3.82. The summed E-state index contributed by atoms with van der Waals surface area (Å²) in [4.78, 5) is 23.9.